The first-order valence-corrected chi connectivity index (χ1v) is 8.85. The number of carbonyl (C=O) groups is 1. The number of rotatable bonds is 3. The molecule has 28 heavy (non-hydrogen) atoms. The molecule has 1 saturated heterocycles. The van der Waals surface area contributed by atoms with Gasteiger partial charge in [0.05, 0.1) is 23.5 Å². The normalized spacial score (nSPS) is 14.0. The number of aromatic nitrogens is 3. The van der Waals surface area contributed by atoms with Crippen molar-refractivity contribution in [1.82, 2.24) is 20.1 Å². The van der Waals surface area contributed by atoms with Gasteiger partial charge in [-0.1, -0.05) is 0 Å². The van der Waals surface area contributed by atoms with E-state index in [1.54, 1.807) is 35.6 Å². The number of hydrogen-bond donors (Lipinski definition) is 1. The zero-order valence-corrected chi connectivity index (χ0v) is 15.0. The number of aromatic amines is 1. The van der Waals surface area contributed by atoms with Gasteiger partial charge >= 0.3 is 0 Å². The van der Waals surface area contributed by atoms with Crippen LogP contribution in [0.15, 0.2) is 48.9 Å². The first-order chi connectivity index (χ1) is 13.7. The van der Waals surface area contributed by atoms with Crippen molar-refractivity contribution in [3.05, 3.63) is 66.0 Å². The molecule has 1 fully saturated rings. The van der Waals surface area contributed by atoms with E-state index in [2.05, 4.69) is 15.2 Å². The van der Waals surface area contributed by atoms with Gasteiger partial charge in [-0.15, -0.1) is 0 Å². The highest BCUT2D eigenvalue weighted by molar-refractivity contribution is 5.99. The number of anilines is 1. The van der Waals surface area contributed by atoms with E-state index in [4.69, 9.17) is 5.26 Å². The SMILES string of the molecule is N#Cc1ccc(N2CCN(C(=O)c3[nH]ncc3-c3ccncc3)CC2)c(F)c1. The summed E-state index contributed by atoms with van der Waals surface area (Å²) in [6, 6.07) is 10.0. The quantitative estimate of drug-likeness (QED) is 0.758. The summed E-state index contributed by atoms with van der Waals surface area (Å²) in [5.74, 6) is -0.559. The lowest BCUT2D eigenvalue weighted by Gasteiger charge is -2.36. The van der Waals surface area contributed by atoms with E-state index >= 15 is 0 Å². The zero-order valence-electron chi connectivity index (χ0n) is 15.0. The molecule has 3 aromatic rings. The van der Waals surface area contributed by atoms with Gasteiger partial charge in [0, 0.05) is 44.1 Å². The Morgan fingerprint density at radius 2 is 1.89 bits per heavy atom. The molecule has 3 heterocycles. The van der Waals surface area contributed by atoms with Gasteiger partial charge < -0.3 is 9.80 Å². The van der Waals surface area contributed by atoms with Crippen LogP contribution >= 0.6 is 0 Å². The van der Waals surface area contributed by atoms with Gasteiger partial charge in [-0.25, -0.2) is 4.39 Å². The van der Waals surface area contributed by atoms with Gasteiger partial charge in [-0.05, 0) is 35.9 Å². The van der Waals surface area contributed by atoms with Gasteiger partial charge in [0.2, 0.25) is 0 Å². The van der Waals surface area contributed by atoms with Crippen molar-refractivity contribution < 1.29 is 9.18 Å². The lowest BCUT2D eigenvalue weighted by Crippen LogP contribution is -2.49. The molecular weight excluding hydrogens is 359 g/mol. The van der Waals surface area contributed by atoms with Crippen LogP contribution in [0, 0.1) is 17.1 Å². The summed E-state index contributed by atoms with van der Waals surface area (Å²) >= 11 is 0. The molecule has 1 aliphatic rings. The second-order valence-electron chi connectivity index (χ2n) is 6.45. The number of H-pyrrole nitrogens is 1. The Morgan fingerprint density at radius 1 is 1.14 bits per heavy atom. The van der Waals surface area contributed by atoms with E-state index in [0.717, 1.165) is 11.1 Å². The maximum atomic E-state index is 14.2. The molecule has 1 amide bonds. The number of nitriles is 1. The third kappa shape index (κ3) is 3.30. The summed E-state index contributed by atoms with van der Waals surface area (Å²) < 4.78 is 14.2. The van der Waals surface area contributed by atoms with Crippen LogP contribution < -0.4 is 4.90 Å². The molecule has 2 aromatic heterocycles. The van der Waals surface area contributed by atoms with E-state index in [-0.39, 0.29) is 11.5 Å². The van der Waals surface area contributed by atoms with Gasteiger partial charge in [-0.2, -0.15) is 10.4 Å². The van der Waals surface area contributed by atoms with Crippen molar-refractivity contribution in [3.8, 4) is 17.2 Å². The van der Waals surface area contributed by atoms with E-state index in [1.807, 2.05) is 23.1 Å². The third-order valence-corrected chi connectivity index (χ3v) is 4.83. The van der Waals surface area contributed by atoms with Crippen LogP contribution in [0.25, 0.3) is 11.1 Å². The Morgan fingerprint density at radius 3 is 2.57 bits per heavy atom. The average Bonchev–Trinajstić information content (AvgIpc) is 3.24. The molecule has 7 nitrogen and oxygen atoms in total. The van der Waals surface area contributed by atoms with E-state index in [1.165, 1.54) is 6.07 Å². The molecule has 1 aromatic carbocycles. The van der Waals surface area contributed by atoms with Crippen molar-refractivity contribution in [3.63, 3.8) is 0 Å². The number of halogens is 1. The maximum absolute atomic E-state index is 14.2. The molecule has 0 saturated carbocycles. The topological polar surface area (TPSA) is 88.9 Å². The van der Waals surface area contributed by atoms with E-state index in [0.29, 0.717) is 37.6 Å². The van der Waals surface area contributed by atoms with Crippen molar-refractivity contribution in [1.29, 1.82) is 5.26 Å². The second kappa shape index (κ2) is 7.48. The molecule has 0 bridgehead atoms. The Balaban J connectivity index is 1.47. The van der Waals surface area contributed by atoms with Gasteiger partial charge in [0.1, 0.15) is 11.5 Å². The van der Waals surface area contributed by atoms with Crippen LogP contribution in [0.5, 0.6) is 0 Å². The highest BCUT2D eigenvalue weighted by atomic mass is 19.1. The fourth-order valence-corrected chi connectivity index (χ4v) is 3.34. The number of carbonyl (C=O) groups excluding carboxylic acids is 1. The predicted octanol–water partition coefficient (Wildman–Crippen LogP) is 2.44. The van der Waals surface area contributed by atoms with Crippen LogP contribution in [0.1, 0.15) is 16.1 Å². The van der Waals surface area contributed by atoms with E-state index in [9.17, 15) is 9.18 Å². The molecule has 1 aliphatic heterocycles. The number of amides is 1. The average molecular weight is 376 g/mol. The molecule has 8 heteroatoms. The summed E-state index contributed by atoms with van der Waals surface area (Å²) in [6.07, 6.45) is 4.97. The Labute approximate surface area is 161 Å². The fourth-order valence-electron chi connectivity index (χ4n) is 3.34. The first-order valence-electron chi connectivity index (χ1n) is 8.85. The van der Waals surface area contributed by atoms with E-state index < -0.39 is 5.82 Å². The van der Waals surface area contributed by atoms with Crippen LogP contribution in [0.3, 0.4) is 0 Å². The summed E-state index contributed by atoms with van der Waals surface area (Å²) in [5, 5.41) is 15.7. The Hall–Kier alpha value is -3.73. The molecule has 0 unspecified atom stereocenters. The summed E-state index contributed by atoms with van der Waals surface area (Å²) in [7, 11) is 0. The number of pyridine rings is 1. The highest BCUT2D eigenvalue weighted by Gasteiger charge is 2.26. The maximum Gasteiger partial charge on any atom is 0.272 e. The Bertz CT molecular complexity index is 1030. The van der Waals surface area contributed by atoms with Crippen molar-refractivity contribution in [2.24, 2.45) is 0 Å². The van der Waals surface area contributed by atoms with Gasteiger partial charge in [0.15, 0.2) is 0 Å². The minimum Gasteiger partial charge on any atom is -0.366 e. The van der Waals surface area contributed by atoms with Crippen LogP contribution in [-0.2, 0) is 0 Å². The molecule has 0 radical (unpaired) electrons. The molecule has 0 atom stereocenters. The fraction of sp³-hybridized carbons (Fsp3) is 0.200. The van der Waals surface area contributed by atoms with Gasteiger partial charge in [-0.3, -0.25) is 14.9 Å². The minimum atomic E-state index is -0.424. The smallest absolute Gasteiger partial charge is 0.272 e. The largest absolute Gasteiger partial charge is 0.366 e. The zero-order chi connectivity index (χ0) is 19.5. The standard InChI is InChI=1S/C20H17FN6O/c21-17-11-14(12-22)1-2-18(17)26-7-9-27(10-8-26)20(28)19-16(13-24-25-19)15-3-5-23-6-4-15/h1-6,11,13H,7-10H2,(H,24,25). The van der Waals surface area contributed by atoms with Gasteiger partial charge in [0.25, 0.3) is 5.91 Å². The first kappa shape index (κ1) is 17.7. The Kier molecular flexibility index (Phi) is 4.72. The molecule has 140 valence electrons. The van der Waals surface area contributed by atoms with Crippen LogP contribution in [0.4, 0.5) is 10.1 Å². The lowest BCUT2D eigenvalue weighted by atomic mass is 10.1. The highest BCUT2D eigenvalue weighted by Crippen LogP contribution is 2.25. The minimum absolute atomic E-state index is 0.135. The third-order valence-electron chi connectivity index (χ3n) is 4.83. The van der Waals surface area contributed by atoms with Crippen LogP contribution in [-0.4, -0.2) is 52.2 Å². The molecular formula is C20H17FN6O. The number of hydrogen-bond acceptors (Lipinski definition) is 5. The predicted molar refractivity (Wildman–Crippen MR) is 101 cm³/mol. The summed E-state index contributed by atoms with van der Waals surface area (Å²) in [5.41, 5.74) is 2.77. The monoisotopic (exact) mass is 376 g/mol. The lowest BCUT2D eigenvalue weighted by molar-refractivity contribution is 0.0741. The van der Waals surface area contributed by atoms with Crippen molar-refractivity contribution >= 4 is 11.6 Å². The number of nitrogens with zero attached hydrogens (tertiary/aromatic N) is 5. The number of nitrogens with one attached hydrogen (secondary N) is 1. The van der Waals surface area contributed by atoms with Crippen molar-refractivity contribution in [2.45, 2.75) is 0 Å². The second-order valence-corrected chi connectivity index (χ2v) is 6.45. The van der Waals surface area contributed by atoms with Crippen molar-refractivity contribution in [2.75, 3.05) is 31.1 Å². The molecule has 0 aliphatic carbocycles. The number of benzene rings is 1. The summed E-state index contributed by atoms with van der Waals surface area (Å²) in [6.45, 7) is 1.95. The molecule has 0 spiro atoms. The van der Waals surface area contributed by atoms with Crippen LogP contribution in [0.2, 0.25) is 0 Å². The molecule has 1 N–H and O–H groups in total. The number of piperazine rings is 1. The molecule has 4 rings (SSSR count). The summed E-state index contributed by atoms with van der Waals surface area (Å²) in [4.78, 5) is 20.6.